The molecule has 0 aliphatic carbocycles. The Hall–Kier alpha value is -1.80. The normalized spacial score (nSPS) is 20.5. The molecule has 0 aromatic heterocycles. The summed E-state index contributed by atoms with van der Waals surface area (Å²) in [5.41, 5.74) is 0. The lowest BCUT2D eigenvalue weighted by atomic mass is 10.1. The van der Waals surface area contributed by atoms with Crippen LogP contribution in [0.3, 0.4) is 0 Å². The van der Waals surface area contributed by atoms with Crippen molar-refractivity contribution in [1.82, 2.24) is 10.0 Å². The summed E-state index contributed by atoms with van der Waals surface area (Å²) in [6.45, 7) is 3.62. The van der Waals surface area contributed by atoms with E-state index in [-0.39, 0.29) is 24.7 Å². The lowest BCUT2D eigenvalue weighted by Gasteiger charge is -2.31. The zero-order valence-electron chi connectivity index (χ0n) is 12.5. The Kier molecular flexibility index (Phi) is 5.25. The molecule has 2 atom stereocenters. The smallest absolute Gasteiger partial charge is 0.265 e. The standard InChI is InChI=1S/C14H20N2O5S/c1-3-22(18,19)16-9-8-15-14(17)13-10(2)20-11-6-4-5-7-12(11)21-13/h4-7,10,13,16H,3,8-9H2,1-2H3,(H,15,17)/t10-,13-/m1/s1. The van der Waals surface area contributed by atoms with Gasteiger partial charge in [-0.3, -0.25) is 4.79 Å². The minimum Gasteiger partial charge on any atom is -0.482 e. The number of benzene rings is 1. The summed E-state index contributed by atoms with van der Waals surface area (Å²) < 4.78 is 36.2. The van der Waals surface area contributed by atoms with Gasteiger partial charge in [-0.25, -0.2) is 13.1 Å². The molecule has 1 aliphatic rings. The highest BCUT2D eigenvalue weighted by Gasteiger charge is 2.33. The number of fused-ring (bicyclic) bond motifs is 1. The van der Waals surface area contributed by atoms with Crippen LogP contribution in [0.5, 0.6) is 11.5 Å². The van der Waals surface area contributed by atoms with Gasteiger partial charge >= 0.3 is 0 Å². The van der Waals surface area contributed by atoms with Crippen molar-refractivity contribution in [2.24, 2.45) is 0 Å². The molecule has 0 fully saturated rings. The van der Waals surface area contributed by atoms with E-state index in [1.807, 2.05) is 6.07 Å². The van der Waals surface area contributed by atoms with E-state index < -0.39 is 22.2 Å². The number of hydrogen-bond acceptors (Lipinski definition) is 5. The summed E-state index contributed by atoms with van der Waals surface area (Å²) >= 11 is 0. The number of ether oxygens (including phenoxy) is 2. The molecule has 1 heterocycles. The average Bonchev–Trinajstić information content (AvgIpc) is 2.50. The summed E-state index contributed by atoms with van der Waals surface area (Å²) in [4.78, 5) is 12.1. The molecule has 1 aromatic carbocycles. The maximum Gasteiger partial charge on any atom is 0.265 e. The molecule has 0 saturated carbocycles. The molecule has 8 heteroatoms. The topological polar surface area (TPSA) is 93.7 Å². The third-order valence-electron chi connectivity index (χ3n) is 3.23. The minimum atomic E-state index is -3.25. The molecule has 122 valence electrons. The van der Waals surface area contributed by atoms with Gasteiger partial charge in [0.1, 0.15) is 6.10 Å². The quantitative estimate of drug-likeness (QED) is 0.731. The van der Waals surface area contributed by atoms with Gasteiger partial charge < -0.3 is 14.8 Å². The monoisotopic (exact) mass is 328 g/mol. The van der Waals surface area contributed by atoms with Crippen molar-refractivity contribution >= 4 is 15.9 Å². The van der Waals surface area contributed by atoms with E-state index in [0.717, 1.165) is 0 Å². The highest BCUT2D eigenvalue weighted by Crippen LogP contribution is 2.33. The van der Waals surface area contributed by atoms with Crippen LogP contribution in [0, 0.1) is 0 Å². The number of rotatable bonds is 6. The molecular formula is C14H20N2O5S. The van der Waals surface area contributed by atoms with Crippen LogP contribution in [0.25, 0.3) is 0 Å². The molecule has 0 unspecified atom stereocenters. The van der Waals surface area contributed by atoms with Crippen LogP contribution in [0.15, 0.2) is 24.3 Å². The first-order valence-electron chi connectivity index (χ1n) is 7.10. The number of nitrogens with one attached hydrogen (secondary N) is 2. The van der Waals surface area contributed by atoms with E-state index in [1.54, 1.807) is 32.0 Å². The Morgan fingerprint density at radius 1 is 1.18 bits per heavy atom. The Morgan fingerprint density at radius 2 is 1.82 bits per heavy atom. The molecule has 0 spiro atoms. The second-order valence-corrected chi connectivity index (χ2v) is 6.99. The number of carbonyl (C=O) groups excluding carboxylic acids is 1. The van der Waals surface area contributed by atoms with Gasteiger partial charge in [0.05, 0.1) is 5.75 Å². The average molecular weight is 328 g/mol. The van der Waals surface area contributed by atoms with Crippen LogP contribution in [-0.4, -0.2) is 45.4 Å². The lowest BCUT2D eigenvalue weighted by molar-refractivity contribution is -0.133. The van der Waals surface area contributed by atoms with Gasteiger partial charge in [0.25, 0.3) is 5.91 Å². The van der Waals surface area contributed by atoms with Crippen molar-refractivity contribution in [3.05, 3.63) is 24.3 Å². The van der Waals surface area contributed by atoms with Crippen molar-refractivity contribution in [2.45, 2.75) is 26.1 Å². The molecule has 0 bridgehead atoms. The Morgan fingerprint density at radius 3 is 2.45 bits per heavy atom. The minimum absolute atomic E-state index is 0.00827. The molecule has 7 nitrogen and oxygen atoms in total. The molecule has 0 saturated heterocycles. The van der Waals surface area contributed by atoms with Gasteiger partial charge in [0.15, 0.2) is 11.5 Å². The molecule has 2 N–H and O–H groups in total. The van der Waals surface area contributed by atoms with E-state index in [2.05, 4.69) is 10.0 Å². The van der Waals surface area contributed by atoms with Crippen molar-refractivity contribution < 1.29 is 22.7 Å². The fourth-order valence-electron chi connectivity index (χ4n) is 2.00. The summed E-state index contributed by atoms with van der Waals surface area (Å²) in [6.07, 6.45) is -1.19. The van der Waals surface area contributed by atoms with Crippen LogP contribution in [0.1, 0.15) is 13.8 Å². The van der Waals surface area contributed by atoms with Gasteiger partial charge in [0.2, 0.25) is 16.1 Å². The maximum absolute atomic E-state index is 12.1. The van der Waals surface area contributed by atoms with E-state index in [1.165, 1.54) is 0 Å². The second kappa shape index (κ2) is 6.97. The molecule has 1 aromatic rings. The molecule has 1 aliphatic heterocycles. The van der Waals surface area contributed by atoms with E-state index in [0.29, 0.717) is 11.5 Å². The molecule has 1 amide bonds. The van der Waals surface area contributed by atoms with Gasteiger partial charge in [-0.05, 0) is 26.0 Å². The van der Waals surface area contributed by atoms with Gasteiger partial charge in [0, 0.05) is 13.1 Å². The molecule has 22 heavy (non-hydrogen) atoms. The maximum atomic E-state index is 12.1. The predicted molar refractivity (Wildman–Crippen MR) is 81.4 cm³/mol. The van der Waals surface area contributed by atoms with E-state index in [9.17, 15) is 13.2 Å². The first kappa shape index (κ1) is 16.6. The van der Waals surface area contributed by atoms with E-state index in [4.69, 9.17) is 9.47 Å². The summed E-state index contributed by atoms with van der Waals surface area (Å²) in [7, 11) is -3.25. The van der Waals surface area contributed by atoms with Crippen LogP contribution in [-0.2, 0) is 14.8 Å². The lowest BCUT2D eigenvalue weighted by Crippen LogP contribution is -2.50. The highest BCUT2D eigenvalue weighted by atomic mass is 32.2. The van der Waals surface area contributed by atoms with Crippen molar-refractivity contribution in [1.29, 1.82) is 0 Å². The number of sulfonamides is 1. The molecule has 2 rings (SSSR count). The van der Waals surface area contributed by atoms with Crippen LogP contribution in [0.4, 0.5) is 0 Å². The van der Waals surface area contributed by atoms with E-state index >= 15 is 0 Å². The summed E-state index contributed by atoms with van der Waals surface area (Å²) in [6, 6.07) is 7.14. The molecule has 0 radical (unpaired) electrons. The predicted octanol–water partition coefficient (Wildman–Crippen LogP) is 0.270. The van der Waals surface area contributed by atoms with Gasteiger partial charge in [-0.2, -0.15) is 0 Å². The first-order valence-corrected chi connectivity index (χ1v) is 8.75. The third kappa shape index (κ3) is 4.11. The Labute approximate surface area is 130 Å². The van der Waals surface area contributed by atoms with Crippen LogP contribution in [0.2, 0.25) is 0 Å². The zero-order valence-corrected chi connectivity index (χ0v) is 13.4. The molecular weight excluding hydrogens is 308 g/mol. The van der Waals surface area contributed by atoms with Crippen LogP contribution < -0.4 is 19.5 Å². The van der Waals surface area contributed by atoms with Crippen molar-refractivity contribution in [3.8, 4) is 11.5 Å². The number of amides is 1. The summed E-state index contributed by atoms with van der Waals surface area (Å²) in [5, 5.41) is 2.64. The van der Waals surface area contributed by atoms with Crippen molar-refractivity contribution in [2.75, 3.05) is 18.8 Å². The first-order chi connectivity index (χ1) is 10.4. The van der Waals surface area contributed by atoms with Crippen LogP contribution >= 0.6 is 0 Å². The summed E-state index contributed by atoms with van der Waals surface area (Å²) in [5.74, 6) is 0.800. The SMILES string of the molecule is CCS(=O)(=O)NCCNC(=O)[C@@H]1Oc2ccccc2O[C@@H]1C. The Bertz CT molecular complexity index is 632. The zero-order chi connectivity index (χ0) is 16.2. The Balaban J connectivity index is 1.86. The number of carbonyl (C=O) groups is 1. The second-order valence-electron chi connectivity index (χ2n) is 4.90. The number of hydrogen-bond donors (Lipinski definition) is 2. The van der Waals surface area contributed by atoms with Gasteiger partial charge in [-0.1, -0.05) is 12.1 Å². The third-order valence-corrected chi connectivity index (χ3v) is 4.63. The van der Waals surface area contributed by atoms with Gasteiger partial charge in [-0.15, -0.1) is 0 Å². The highest BCUT2D eigenvalue weighted by molar-refractivity contribution is 7.89. The fraction of sp³-hybridized carbons (Fsp3) is 0.500. The largest absolute Gasteiger partial charge is 0.482 e. The van der Waals surface area contributed by atoms with Crippen molar-refractivity contribution in [3.63, 3.8) is 0 Å². The fourth-order valence-corrected chi connectivity index (χ4v) is 2.62. The number of para-hydroxylation sites is 2.